The molecule has 1 aliphatic heterocycles. The topological polar surface area (TPSA) is 35.5 Å². The molecular weight excluding hydrogens is 364 g/mol. The highest BCUT2D eigenvalue weighted by Gasteiger charge is 2.20. The molecule has 0 unspecified atom stereocenters. The first kappa shape index (κ1) is 17.5. The minimum atomic E-state index is -0.326. The summed E-state index contributed by atoms with van der Waals surface area (Å²) in [5, 5.41) is 0.645. The predicted octanol–water partition coefficient (Wildman–Crippen LogP) is 4.98. The average Bonchev–Trinajstić information content (AvgIpc) is 3.12. The number of esters is 1. The Morgan fingerprint density at radius 3 is 2.50 bits per heavy atom. The minimum Gasteiger partial charge on any atom is -0.493 e. The van der Waals surface area contributed by atoms with Crippen molar-refractivity contribution in [1.82, 2.24) is 0 Å². The number of methoxy groups -OCH3 is 1. The van der Waals surface area contributed by atoms with E-state index in [2.05, 4.69) is 0 Å². The molecule has 2 aromatic carbocycles. The average molecular weight is 381 g/mol. The predicted molar refractivity (Wildman–Crippen MR) is 101 cm³/mol. The Hall–Kier alpha value is -1.30. The summed E-state index contributed by atoms with van der Waals surface area (Å²) in [4.78, 5) is 12.2. The number of carbonyl (C=O) groups is 1. The third-order valence-corrected chi connectivity index (χ3v) is 6.92. The lowest BCUT2D eigenvalue weighted by atomic mass is 10.1. The van der Waals surface area contributed by atoms with Crippen molar-refractivity contribution in [3.05, 3.63) is 58.6 Å². The van der Waals surface area contributed by atoms with Crippen molar-refractivity contribution < 1.29 is 14.3 Å². The van der Waals surface area contributed by atoms with E-state index >= 15 is 0 Å². The molecule has 6 heteroatoms. The molecule has 0 aromatic heterocycles. The van der Waals surface area contributed by atoms with Crippen molar-refractivity contribution >= 4 is 41.1 Å². The van der Waals surface area contributed by atoms with Crippen LogP contribution in [0, 0.1) is 0 Å². The molecule has 3 rings (SSSR count). The summed E-state index contributed by atoms with van der Waals surface area (Å²) in [6.07, 6.45) is 0.191. The van der Waals surface area contributed by atoms with E-state index in [-0.39, 0.29) is 12.4 Å². The number of benzene rings is 2. The number of carbonyl (C=O) groups excluding carboxylic acids is 1. The van der Waals surface area contributed by atoms with Crippen LogP contribution < -0.4 is 9.47 Å². The van der Waals surface area contributed by atoms with Crippen molar-refractivity contribution in [1.29, 1.82) is 0 Å². The molecule has 24 heavy (non-hydrogen) atoms. The fourth-order valence-electron chi connectivity index (χ4n) is 2.39. The number of hydrogen-bond acceptors (Lipinski definition) is 5. The number of hydrogen-bond donors (Lipinski definition) is 0. The minimum absolute atomic E-state index is 0.191. The summed E-state index contributed by atoms with van der Waals surface area (Å²) < 4.78 is 11.3. The number of thioether (sulfide) groups is 2. The third kappa shape index (κ3) is 4.41. The van der Waals surface area contributed by atoms with Gasteiger partial charge in [0.1, 0.15) is 0 Å². The molecule has 0 spiro atoms. The van der Waals surface area contributed by atoms with E-state index in [1.165, 1.54) is 5.56 Å². The standard InChI is InChI=1S/C18H17ClO3S2/c1-21-16-11-13(18-23-8-9-24-18)4-7-15(16)22-17(20)10-12-2-5-14(19)6-3-12/h2-7,11,18H,8-10H2,1H3. The summed E-state index contributed by atoms with van der Waals surface area (Å²) in [5.74, 6) is 3.04. The van der Waals surface area contributed by atoms with Gasteiger partial charge >= 0.3 is 5.97 Å². The fourth-order valence-corrected chi connectivity index (χ4v) is 5.36. The van der Waals surface area contributed by atoms with Crippen LogP contribution >= 0.6 is 35.1 Å². The Kier molecular flexibility index (Phi) is 5.98. The normalized spacial score (nSPS) is 14.6. The van der Waals surface area contributed by atoms with Gasteiger partial charge in [0.05, 0.1) is 18.1 Å². The molecule has 2 aromatic rings. The summed E-state index contributed by atoms with van der Waals surface area (Å²) >= 11 is 9.70. The Morgan fingerprint density at radius 1 is 1.12 bits per heavy atom. The maximum Gasteiger partial charge on any atom is 0.315 e. The number of rotatable bonds is 5. The van der Waals surface area contributed by atoms with Gasteiger partial charge in [0.2, 0.25) is 0 Å². The molecule has 0 atom stereocenters. The van der Waals surface area contributed by atoms with Gasteiger partial charge in [-0.15, -0.1) is 23.5 Å². The van der Waals surface area contributed by atoms with Crippen LogP contribution in [0.15, 0.2) is 42.5 Å². The quantitative estimate of drug-likeness (QED) is 0.540. The lowest BCUT2D eigenvalue weighted by Crippen LogP contribution is -2.12. The Labute approximate surface area is 155 Å². The molecule has 126 valence electrons. The highest BCUT2D eigenvalue weighted by Crippen LogP contribution is 2.46. The zero-order valence-electron chi connectivity index (χ0n) is 13.2. The van der Waals surface area contributed by atoms with Crippen LogP contribution in [0.3, 0.4) is 0 Å². The highest BCUT2D eigenvalue weighted by molar-refractivity contribution is 8.19. The summed E-state index contributed by atoms with van der Waals surface area (Å²) in [6, 6.07) is 12.9. The van der Waals surface area contributed by atoms with E-state index in [4.69, 9.17) is 21.1 Å². The van der Waals surface area contributed by atoms with Crippen LogP contribution in [0.2, 0.25) is 5.02 Å². The molecule has 1 saturated heterocycles. The van der Waals surface area contributed by atoms with Crippen molar-refractivity contribution in [2.45, 2.75) is 11.0 Å². The van der Waals surface area contributed by atoms with Crippen LogP contribution in [0.1, 0.15) is 15.7 Å². The van der Waals surface area contributed by atoms with Crippen LogP contribution in [-0.4, -0.2) is 24.6 Å². The first-order valence-corrected chi connectivity index (χ1v) is 9.99. The van der Waals surface area contributed by atoms with Crippen molar-refractivity contribution in [3.63, 3.8) is 0 Å². The maximum absolute atomic E-state index is 12.2. The molecule has 0 radical (unpaired) electrons. The zero-order chi connectivity index (χ0) is 16.9. The molecule has 1 fully saturated rings. The smallest absolute Gasteiger partial charge is 0.315 e. The van der Waals surface area contributed by atoms with E-state index in [0.29, 0.717) is 21.1 Å². The Balaban J connectivity index is 1.69. The van der Waals surface area contributed by atoms with Crippen LogP contribution in [0.5, 0.6) is 11.5 Å². The van der Waals surface area contributed by atoms with Crippen molar-refractivity contribution in [2.75, 3.05) is 18.6 Å². The first-order valence-electron chi connectivity index (χ1n) is 7.52. The highest BCUT2D eigenvalue weighted by atomic mass is 35.5. The lowest BCUT2D eigenvalue weighted by molar-refractivity contribution is -0.133. The van der Waals surface area contributed by atoms with E-state index in [9.17, 15) is 4.79 Å². The van der Waals surface area contributed by atoms with Gasteiger partial charge in [-0.1, -0.05) is 29.8 Å². The Bertz CT molecular complexity index is 713. The van der Waals surface area contributed by atoms with E-state index in [1.54, 1.807) is 19.2 Å². The third-order valence-electron chi connectivity index (χ3n) is 3.57. The molecule has 0 bridgehead atoms. The monoisotopic (exact) mass is 380 g/mol. The van der Waals surface area contributed by atoms with Crippen molar-refractivity contribution in [2.24, 2.45) is 0 Å². The largest absolute Gasteiger partial charge is 0.493 e. The molecule has 3 nitrogen and oxygen atoms in total. The molecule has 1 heterocycles. The molecular formula is C18H17ClO3S2. The van der Waals surface area contributed by atoms with E-state index in [0.717, 1.165) is 17.1 Å². The lowest BCUT2D eigenvalue weighted by Gasteiger charge is -2.13. The zero-order valence-corrected chi connectivity index (χ0v) is 15.5. The SMILES string of the molecule is COc1cc(C2SCCS2)ccc1OC(=O)Cc1ccc(Cl)cc1. The maximum atomic E-state index is 12.2. The van der Waals surface area contributed by atoms with Gasteiger partial charge in [-0.05, 0) is 35.4 Å². The molecule has 0 amide bonds. The number of ether oxygens (including phenoxy) is 2. The summed E-state index contributed by atoms with van der Waals surface area (Å²) in [6.45, 7) is 0. The molecule has 0 aliphatic carbocycles. The number of halogens is 1. The van der Waals surface area contributed by atoms with Gasteiger partial charge in [0.15, 0.2) is 11.5 Å². The van der Waals surface area contributed by atoms with Crippen LogP contribution in [0.4, 0.5) is 0 Å². The van der Waals surface area contributed by atoms with Gasteiger partial charge in [-0.3, -0.25) is 4.79 Å². The van der Waals surface area contributed by atoms with E-state index in [1.807, 2.05) is 53.9 Å². The second-order valence-corrected chi connectivity index (χ2v) is 8.42. The second-order valence-electron chi connectivity index (χ2n) is 5.26. The van der Waals surface area contributed by atoms with Crippen molar-refractivity contribution in [3.8, 4) is 11.5 Å². The molecule has 0 saturated carbocycles. The first-order chi connectivity index (χ1) is 11.7. The summed E-state index contributed by atoms with van der Waals surface area (Å²) in [5.41, 5.74) is 2.05. The fraction of sp³-hybridized carbons (Fsp3) is 0.278. The van der Waals surface area contributed by atoms with Gasteiger partial charge in [-0.2, -0.15) is 0 Å². The van der Waals surface area contributed by atoms with Crippen LogP contribution in [-0.2, 0) is 11.2 Å². The van der Waals surface area contributed by atoms with Gasteiger partial charge < -0.3 is 9.47 Å². The Morgan fingerprint density at radius 2 is 1.83 bits per heavy atom. The van der Waals surface area contributed by atoms with Gasteiger partial charge in [0, 0.05) is 16.5 Å². The molecule has 0 N–H and O–H groups in total. The molecule has 1 aliphatic rings. The summed E-state index contributed by atoms with van der Waals surface area (Å²) in [7, 11) is 1.59. The van der Waals surface area contributed by atoms with Gasteiger partial charge in [0.25, 0.3) is 0 Å². The second kappa shape index (κ2) is 8.19. The van der Waals surface area contributed by atoms with Gasteiger partial charge in [-0.25, -0.2) is 0 Å². The van der Waals surface area contributed by atoms with Crippen LogP contribution in [0.25, 0.3) is 0 Å². The van der Waals surface area contributed by atoms with E-state index < -0.39 is 0 Å².